The third kappa shape index (κ3) is 4.47. The van der Waals surface area contributed by atoms with E-state index in [1.165, 1.54) is 0 Å². The van der Waals surface area contributed by atoms with Crippen LogP contribution in [0.1, 0.15) is 26.7 Å². The Morgan fingerprint density at radius 2 is 2.12 bits per heavy atom. The Morgan fingerprint density at radius 1 is 1.38 bits per heavy atom. The summed E-state index contributed by atoms with van der Waals surface area (Å²) in [7, 11) is 0. The smallest absolute Gasteiger partial charge is 0.326 e. The van der Waals surface area contributed by atoms with E-state index in [-0.39, 0.29) is 18.4 Å². The van der Waals surface area contributed by atoms with Gasteiger partial charge in [-0.05, 0) is 24.5 Å². The van der Waals surface area contributed by atoms with Crippen molar-refractivity contribution in [1.82, 2.24) is 5.32 Å². The molecule has 0 aromatic heterocycles. The lowest BCUT2D eigenvalue weighted by atomic mass is 10.1. The second kappa shape index (κ2) is 7.81. The van der Waals surface area contributed by atoms with Crippen LogP contribution < -0.4 is 15.0 Å². The summed E-state index contributed by atoms with van der Waals surface area (Å²) >= 11 is 0. The summed E-state index contributed by atoms with van der Waals surface area (Å²) in [6, 6.07) is 6.01. The van der Waals surface area contributed by atoms with Crippen LogP contribution in [0.5, 0.6) is 5.75 Å². The van der Waals surface area contributed by atoms with Crippen LogP contribution >= 0.6 is 0 Å². The maximum Gasteiger partial charge on any atom is 0.326 e. The summed E-state index contributed by atoms with van der Waals surface area (Å²) in [6.07, 6.45) is 1.37. The van der Waals surface area contributed by atoms with Crippen molar-refractivity contribution in [3.8, 4) is 5.75 Å². The second-order valence-electron chi connectivity index (χ2n) is 6.06. The molecule has 7 nitrogen and oxygen atoms in total. The standard InChI is InChI=1S/C17H22N2O5/c1-11(2)16(17(22)23)18-14(20)10-24-13-6-3-5-12(9-13)19-8-4-7-15(19)21/h3,5-6,9,11,16H,4,7-8,10H2,1-2H3,(H,18,20)(H,22,23). The highest BCUT2D eigenvalue weighted by molar-refractivity contribution is 5.95. The zero-order valence-electron chi connectivity index (χ0n) is 13.8. The van der Waals surface area contributed by atoms with Gasteiger partial charge in [0.05, 0.1) is 0 Å². The number of carboxylic acids is 1. The monoisotopic (exact) mass is 334 g/mol. The third-order valence-electron chi connectivity index (χ3n) is 3.82. The first-order valence-corrected chi connectivity index (χ1v) is 7.94. The minimum absolute atomic E-state index is 0.0751. The molecule has 24 heavy (non-hydrogen) atoms. The molecule has 7 heteroatoms. The first kappa shape index (κ1) is 17.8. The molecule has 1 aromatic rings. The molecule has 130 valence electrons. The number of hydrogen-bond donors (Lipinski definition) is 2. The van der Waals surface area contributed by atoms with E-state index in [9.17, 15) is 14.4 Å². The molecule has 1 fully saturated rings. The van der Waals surface area contributed by atoms with Crippen LogP contribution in [0.4, 0.5) is 5.69 Å². The predicted molar refractivity (Wildman–Crippen MR) is 87.9 cm³/mol. The summed E-state index contributed by atoms with van der Waals surface area (Å²) < 4.78 is 5.42. The Hall–Kier alpha value is -2.57. The molecule has 0 radical (unpaired) electrons. The number of amides is 2. The summed E-state index contributed by atoms with van der Waals surface area (Å²) in [5, 5.41) is 11.5. The van der Waals surface area contributed by atoms with Crippen molar-refractivity contribution in [2.24, 2.45) is 5.92 Å². The molecular weight excluding hydrogens is 312 g/mol. The summed E-state index contributed by atoms with van der Waals surface area (Å²) in [5.74, 6) is -1.27. The Morgan fingerprint density at radius 3 is 2.71 bits per heavy atom. The van der Waals surface area contributed by atoms with Gasteiger partial charge in [0, 0.05) is 24.7 Å². The molecule has 0 bridgehead atoms. The molecule has 1 saturated heterocycles. The number of carbonyl (C=O) groups excluding carboxylic acids is 2. The van der Waals surface area contributed by atoms with E-state index in [4.69, 9.17) is 9.84 Å². The maximum atomic E-state index is 11.9. The lowest BCUT2D eigenvalue weighted by Crippen LogP contribution is -2.46. The molecule has 0 aliphatic carbocycles. The van der Waals surface area contributed by atoms with Gasteiger partial charge in [-0.2, -0.15) is 0 Å². The molecule has 1 heterocycles. The van der Waals surface area contributed by atoms with Gasteiger partial charge in [0.25, 0.3) is 5.91 Å². The van der Waals surface area contributed by atoms with E-state index in [1.807, 2.05) is 6.07 Å². The normalized spacial score (nSPS) is 15.5. The van der Waals surface area contributed by atoms with Crippen molar-refractivity contribution >= 4 is 23.5 Å². The largest absolute Gasteiger partial charge is 0.484 e. The Balaban J connectivity index is 1.93. The quantitative estimate of drug-likeness (QED) is 0.786. The molecule has 1 aromatic carbocycles. The van der Waals surface area contributed by atoms with E-state index in [1.54, 1.807) is 36.9 Å². The highest BCUT2D eigenvalue weighted by Gasteiger charge is 2.24. The van der Waals surface area contributed by atoms with Gasteiger partial charge in [-0.1, -0.05) is 19.9 Å². The molecular formula is C17H22N2O5. The third-order valence-corrected chi connectivity index (χ3v) is 3.82. The van der Waals surface area contributed by atoms with Crippen molar-refractivity contribution in [3.05, 3.63) is 24.3 Å². The fourth-order valence-corrected chi connectivity index (χ4v) is 2.54. The summed E-state index contributed by atoms with van der Waals surface area (Å²) in [4.78, 5) is 36.4. The number of aliphatic carboxylic acids is 1. The van der Waals surface area contributed by atoms with Crippen LogP contribution in [-0.2, 0) is 14.4 Å². The van der Waals surface area contributed by atoms with Gasteiger partial charge >= 0.3 is 5.97 Å². The minimum atomic E-state index is -1.08. The van der Waals surface area contributed by atoms with Crippen LogP contribution in [0, 0.1) is 5.92 Å². The molecule has 1 aliphatic heterocycles. The Kier molecular flexibility index (Phi) is 5.78. The van der Waals surface area contributed by atoms with E-state index < -0.39 is 17.9 Å². The number of benzene rings is 1. The van der Waals surface area contributed by atoms with Crippen LogP contribution in [-0.4, -0.2) is 42.1 Å². The molecule has 0 saturated carbocycles. The van der Waals surface area contributed by atoms with E-state index in [0.717, 1.165) is 12.1 Å². The van der Waals surface area contributed by atoms with Gasteiger partial charge < -0.3 is 20.1 Å². The number of ether oxygens (including phenoxy) is 1. The van der Waals surface area contributed by atoms with Crippen molar-refractivity contribution < 1.29 is 24.2 Å². The topological polar surface area (TPSA) is 95.9 Å². The van der Waals surface area contributed by atoms with Gasteiger partial charge in [0.1, 0.15) is 11.8 Å². The number of anilines is 1. The first-order valence-electron chi connectivity index (χ1n) is 7.94. The van der Waals surface area contributed by atoms with Gasteiger partial charge in [0.2, 0.25) is 5.91 Å². The van der Waals surface area contributed by atoms with Crippen molar-refractivity contribution in [2.75, 3.05) is 18.1 Å². The second-order valence-corrected chi connectivity index (χ2v) is 6.06. The van der Waals surface area contributed by atoms with Gasteiger partial charge in [-0.3, -0.25) is 9.59 Å². The van der Waals surface area contributed by atoms with Gasteiger partial charge in [-0.15, -0.1) is 0 Å². The fraction of sp³-hybridized carbons (Fsp3) is 0.471. The van der Waals surface area contributed by atoms with E-state index in [0.29, 0.717) is 18.7 Å². The zero-order valence-corrected chi connectivity index (χ0v) is 13.8. The predicted octanol–water partition coefficient (Wildman–Crippen LogP) is 1.42. The number of rotatable bonds is 7. The molecule has 1 unspecified atom stereocenters. The van der Waals surface area contributed by atoms with E-state index in [2.05, 4.69) is 5.32 Å². The molecule has 2 N–H and O–H groups in total. The number of nitrogens with one attached hydrogen (secondary N) is 1. The highest BCUT2D eigenvalue weighted by Crippen LogP contribution is 2.25. The SMILES string of the molecule is CC(C)C(NC(=O)COc1cccc(N2CCCC2=O)c1)C(=O)O. The Bertz CT molecular complexity index is 629. The number of hydrogen-bond acceptors (Lipinski definition) is 4. The highest BCUT2D eigenvalue weighted by atomic mass is 16.5. The van der Waals surface area contributed by atoms with Crippen molar-refractivity contribution in [2.45, 2.75) is 32.7 Å². The average molecular weight is 334 g/mol. The molecule has 2 rings (SSSR count). The maximum absolute atomic E-state index is 11.9. The molecule has 0 spiro atoms. The van der Waals surface area contributed by atoms with Crippen LogP contribution in [0.15, 0.2) is 24.3 Å². The van der Waals surface area contributed by atoms with Crippen LogP contribution in [0.25, 0.3) is 0 Å². The van der Waals surface area contributed by atoms with Crippen molar-refractivity contribution in [3.63, 3.8) is 0 Å². The minimum Gasteiger partial charge on any atom is -0.484 e. The summed E-state index contributed by atoms with van der Waals surface area (Å²) in [6.45, 7) is 3.83. The Labute approximate surface area is 140 Å². The van der Waals surface area contributed by atoms with Crippen molar-refractivity contribution in [1.29, 1.82) is 0 Å². The lowest BCUT2D eigenvalue weighted by Gasteiger charge is -2.19. The fourth-order valence-electron chi connectivity index (χ4n) is 2.54. The zero-order chi connectivity index (χ0) is 17.7. The molecule has 2 amide bonds. The number of carbonyl (C=O) groups is 3. The summed E-state index contributed by atoms with van der Waals surface area (Å²) in [5.41, 5.74) is 0.737. The van der Waals surface area contributed by atoms with E-state index >= 15 is 0 Å². The number of nitrogens with zero attached hydrogens (tertiary/aromatic N) is 1. The number of carboxylic acid groups (broad SMARTS) is 1. The van der Waals surface area contributed by atoms with Crippen LogP contribution in [0.3, 0.4) is 0 Å². The molecule has 1 atom stereocenters. The van der Waals surface area contributed by atoms with Gasteiger partial charge in [-0.25, -0.2) is 4.79 Å². The molecule has 1 aliphatic rings. The average Bonchev–Trinajstić information content (AvgIpc) is 2.96. The van der Waals surface area contributed by atoms with Crippen LogP contribution in [0.2, 0.25) is 0 Å². The lowest BCUT2D eigenvalue weighted by molar-refractivity contribution is -0.143. The van der Waals surface area contributed by atoms with Gasteiger partial charge in [0.15, 0.2) is 6.61 Å². The first-order chi connectivity index (χ1) is 11.4.